The first-order valence-corrected chi connectivity index (χ1v) is 6.74. The number of nitrogens with one attached hydrogen (secondary N) is 1. The zero-order valence-corrected chi connectivity index (χ0v) is 10.2. The summed E-state index contributed by atoms with van der Waals surface area (Å²) in [6.45, 7) is 7.08. The Hall–Kier alpha value is -0.380. The normalized spacial score (nSPS) is 23.1. The van der Waals surface area contributed by atoms with Gasteiger partial charge in [0, 0.05) is 37.1 Å². The maximum absolute atomic E-state index is 3.55. The molecule has 2 rings (SSSR count). The SMILES string of the molecule is CCC1CN(CCc2cccs2)CCN1. The van der Waals surface area contributed by atoms with Crippen LogP contribution in [0.2, 0.25) is 0 Å². The van der Waals surface area contributed by atoms with E-state index in [2.05, 4.69) is 34.7 Å². The summed E-state index contributed by atoms with van der Waals surface area (Å²) in [6, 6.07) is 5.10. The summed E-state index contributed by atoms with van der Waals surface area (Å²) in [5, 5.41) is 5.72. The molecule has 0 saturated carbocycles. The molecule has 1 aromatic heterocycles. The quantitative estimate of drug-likeness (QED) is 0.841. The lowest BCUT2D eigenvalue weighted by Crippen LogP contribution is -2.50. The molecule has 0 aliphatic carbocycles. The molecule has 0 amide bonds. The van der Waals surface area contributed by atoms with Crippen molar-refractivity contribution in [3.63, 3.8) is 0 Å². The average molecular weight is 224 g/mol. The first-order chi connectivity index (χ1) is 7.38. The zero-order valence-electron chi connectivity index (χ0n) is 9.41. The van der Waals surface area contributed by atoms with Crippen LogP contribution in [0.25, 0.3) is 0 Å². The van der Waals surface area contributed by atoms with E-state index in [4.69, 9.17) is 0 Å². The Morgan fingerprint density at radius 3 is 3.27 bits per heavy atom. The van der Waals surface area contributed by atoms with Crippen molar-refractivity contribution < 1.29 is 0 Å². The van der Waals surface area contributed by atoms with Crippen LogP contribution in [0.5, 0.6) is 0 Å². The Kier molecular flexibility index (Phi) is 4.18. The number of piperazine rings is 1. The first kappa shape index (κ1) is 11.1. The molecule has 2 heterocycles. The van der Waals surface area contributed by atoms with Crippen LogP contribution in [-0.4, -0.2) is 37.1 Å². The molecule has 3 heteroatoms. The van der Waals surface area contributed by atoms with Crippen LogP contribution < -0.4 is 5.32 Å². The van der Waals surface area contributed by atoms with E-state index in [9.17, 15) is 0 Å². The topological polar surface area (TPSA) is 15.3 Å². The third-order valence-electron chi connectivity index (χ3n) is 3.09. The second kappa shape index (κ2) is 5.64. The summed E-state index contributed by atoms with van der Waals surface area (Å²) in [5.74, 6) is 0. The minimum absolute atomic E-state index is 0.710. The summed E-state index contributed by atoms with van der Waals surface area (Å²) in [7, 11) is 0. The highest BCUT2D eigenvalue weighted by Crippen LogP contribution is 2.11. The molecule has 1 aromatic rings. The van der Waals surface area contributed by atoms with Crippen molar-refractivity contribution in [2.75, 3.05) is 26.2 Å². The molecular weight excluding hydrogens is 204 g/mol. The first-order valence-electron chi connectivity index (χ1n) is 5.86. The number of rotatable bonds is 4. The Bertz CT molecular complexity index is 271. The lowest BCUT2D eigenvalue weighted by atomic mass is 10.1. The Morgan fingerprint density at radius 1 is 1.60 bits per heavy atom. The van der Waals surface area contributed by atoms with Crippen molar-refractivity contribution in [3.05, 3.63) is 22.4 Å². The highest BCUT2D eigenvalue weighted by atomic mass is 32.1. The molecule has 84 valence electrons. The van der Waals surface area contributed by atoms with Crippen molar-refractivity contribution in [2.24, 2.45) is 0 Å². The summed E-state index contributed by atoms with van der Waals surface area (Å²) < 4.78 is 0. The molecule has 1 saturated heterocycles. The highest BCUT2D eigenvalue weighted by Gasteiger charge is 2.16. The fourth-order valence-corrected chi connectivity index (χ4v) is 2.79. The molecule has 0 bridgehead atoms. The van der Waals surface area contributed by atoms with Crippen molar-refractivity contribution in [2.45, 2.75) is 25.8 Å². The fourth-order valence-electron chi connectivity index (χ4n) is 2.09. The van der Waals surface area contributed by atoms with E-state index in [1.165, 1.54) is 37.4 Å². The largest absolute Gasteiger partial charge is 0.311 e. The van der Waals surface area contributed by atoms with E-state index in [1.807, 2.05) is 11.3 Å². The van der Waals surface area contributed by atoms with Crippen LogP contribution in [0.4, 0.5) is 0 Å². The Balaban J connectivity index is 1.74. The lowest BCUT2D eigenvalue weighted by molar-refractivity contribution is 0.199. The van der Waals surface area contributed by atoms with Gasteiger partial charge in [0.25, 0.3) is 0 Å². The molecule has 1 aliphatic rings. The monoisotopic (exact) mass is 224 g/mol. The lowest BCUT2D eigenvalue weighted by Gasteiger charge is -2.33. The van der Waals surface area contributed by atoms with E-state index in [0.29, 0.717) is 6.04 Å². The van der Waals surface area contributed by atoms with Crippen LogP contribution in [0.3, 0.4) is 0 Å². The summed E-state index contributed by atoms with van der Waals surface area (Å²) >= 11 is 1.88. The maximum Gasteiger partial charge on any atom is 0.0192 e. The third kappa shape index (κ3) is 3.30. The number of nitrogens with zero attached hydrogens (tertiary/aromatic N) is 1. The molecule has 1 N–H and O–H groups in total. The van der Waals surface area contributed by atoms with E-state index < -0.39 is 0 Å². The van der Waals surface area contributed by atoms with Gasteiger partial charge in [-0.3, -0.25) is 0 Å². The fraction of sp³-hybridized carbons (Fsp3) is 0.667. The molecule has 1 aliphatic heterocycles. The summed E-state index contributed by atoms with van der Waals surface area (Å²) in [4.78, 5) is 4.10. The third-order valence-corrected chi connectivity index (χ3v) is 4.02. The highest BCUT2D eigenvalue weighted by molar-refractivity contribution is 7.09. The Labute approximate surface area is 96.3 Å². The van der Waals surface area contributed by atoms with Gasteiger partial charge in [0.2, 0.25) is 0 Å². The van der Waals surface area contributed by atoms with E-state index in [0.717, 1.165) is 6.54 Å². The van der Waals surface area contributed by atoms with Crippen LogP contribution in [0.1, 0.15) is 18.2 Å². The van der Waals surface area contributed by atoms with Crippen molar-refractivity contribution >= 4 is 11.3 Å². The summed E-state index contributed by atoms with van der Waals surface area (Å²) in [5.41, 5.74) is 0. The van der Waals surface area contributed by atoms with E-state index in [-0.39, 0.29) is 0 Å². The molecule has 15 heavy (non-hydrogen) atoms. The minimum Gasteiger partial charge on any atom is -0.311 e. The van der Waals surface area contributed by atoms with Gasteiger partial charge in [-0.05, 0) is 24.3 Å². The zero-order chi connectivity index (χ0) is 10.5. The van der Waals surface area contributed by atoms with Crippen molar-refractivity contribution in [1.82, 2.24) is 10.2 Å². The molecular formula is C12H20N2S. The smallest absolute Gasteiger partial charge is 0.0192 e. The number of thiophene rings is 1. The molecule has 1 fully saturated rings. The second-order valence-corrected chi connectivity index (χ2v) is 5.22. The molecule has 2 nitrogen and oxygen atoms in total. The van der Waals surface area contributed by atoms with Crippen LogP contribution in [0, 0.1) is 0 Å². The van der Waals surface area contributed by atoms with E-state index >= 15 is 0 Å². The van der Waals surface area contributed by atoms with Gasteiger partial charge in [0.15, 0.2) is 0 Å². The van der Waals surface area contributed by atoms with Gasteiger partial charge < -0.3 is 10.2 Å². The molecule has 0 aromatic carbocycles. The van der Waals surface area contributed by atoms with Crippen LogP contribution in [-0.2, 0) is 6.42 Å². The molecule has 1 atom stereocenters. The second-order valence-electron chi connectivity index (χ2n) is 4.19. The van der Waals surface area contributed by atoms with E-state index in [1.54, 1.807) is 0 Å². The summed E-state index contributed by atoms with van der Waals surface area (Å²) in [6.07, 6.45) is 2.46. The van der Waals surface area contributed by atoms with Gasteiger partial charge in [-0.25, -0.2) is 0 Å². The van der Waals surface area contributed by atoms with Gasteiger partial charge in [-0.15, -0.1) is 11.3 Å². The molecule has 1 unspecified atom stereocenters. The van der Waals surface area contributed by atoms with Crippen molar-refractivity contribution in [1.29, 1.82) is 0 Å². The maximum atomic E-state index is 3.55. The standard InChI is InChI=1S/C12H20N2S/c1-2-11-10-14(8-6-13-11)7-5-12-4-3-9-15-12/h3-4,9,11,13H,2,5-8,10H2,1H3. The number of hydrogen-bond acceptors (Lipinski definition) is 3. The van der Waals surface area contributed by atoms with Crippen LogP contribution in [0.15, 0.2) is 17.5 Å². The van der Waals surface area contributed by atoms with Gasteiger partial charge in [-0.2, -0.15) is 0 Å². The Morgan fingerprint density at radius 2 is 2.53 bits per heavy atom. The number of hydrogen-bond donors (Lipinski definition) is 1. The van der Waals surface area contributed by atoms with Gasteiger partial charge in [-0.1, -0.05) is 13.0 Å². The van der Waals surface area contributed by atoms with Gasteiger partial charge in [0.1, 0.15) is 0 Å². The predicted octanol–water partition coefficient (Wildman–Crippen LogP) is 1.97. The molecule has 0 spiro atoms. The van der Waals surface area contributed by atoms with Gasteiger partial charge in [0.05, 0.1) is 0 Å². The average Bonchev–Trinajstić information content (AvgIpc) is 2.79. The van der Waals surface area contributed by atoms with Gasteiger partial charge >= 0.3 is 0 Å². The van der Waals surface area contributed by atoms with Crippen molar-refractivity contribution in [3.8, 4) is 0 Å². The predicted molar refractivity (Wildman–Crippen MR) is 66.5 cm³/mol. The molecule has 0 radical (unpaired) electrons. The minimum atomic E-state index is 0.710. The van der Waals surface area contributed by atoms with Crippen LogP contribution >= 0.6 is 11.3 Å².